The minimum atomic E-state index is 0.0101. The Kier molecular flexibility index (Phi) is 3.70. The molecule has 1 aliphatic heterocycles. The van der Waals surface area contributed by atoms with Crippen molar-refractivity contribution >= 4 is 11.7 Å². The monoisotopic (exact) mass is 326 g/mol. The van der Waals surface area contributed by atoms with E-state index in [0.29, 0.717) is 12.2 Å². The van der Waals surface area contributed by atoms with Crippen LogP contribution in [-0.2, 0) is 19.9 Å². The van der Waals surface area contributed by atoms with Gasteiger partial charge in [0.2, 0.25) is 0 Å². The lowest BCUT2D eigenvalue weighted by Crippen LogP contribution is -2.32. The molecule has 126 valence electrons. The first-order valence-electron chi connectivity index (χ1n) is 8.51. The van der Waals surface area contributed by atoms with Gasteiger partial charge in [-0.3, -0.25) is 9.48 Å². The van der Waals surface area contributed by atoms with E-state index in [1.54, 1.807) is 11.0 Å². The number of hydrogen-bond acceptors (Lipinski definition) is 5. The summed E-state index contributed by atoms with van der Waals surface area (Å²) in [7, 11) is 1.86. The summed E-state index contributed by atoms with van der Waals surface area (Å²) in [5.41, 5.74) is 3.94. The molecule has 0 radical (unpaired) electrons. The molecule has 2 aromatic heterocycles. The molecule has 1 N–H and O–H groups in total. The Morgan fingerprint density at radius 2 is 2.21 bits per heavy atom. The highest BCUT2D eigenvalue weighted by atomic mass is 16.2. The standard InChI is InChI=1S/C17H22N6O/c1-11-8-15(21-22(11)2)17(24)23-7-6-12(9-23)20-16-13-4-3-5-14(13)18-10-19-16/h8,10,12H,3-7,9H2,1-2H3,(H,18,19,20)/t12-/m1/s1. The fourth-order valence-electron chi connectivity index (χ4n) is 3.57. The van der Waals surface area contributed by atoms with Gasteiger partial charge in [-0.15, -0.1) is 0 Å². The van der Waals surface area contributed by atoms with Crippen LogP contribution in [0.25, 0.3) is 0 Å². The smallest absolute Gasteiger partial charge is 0.274 e. The molecule has 0 aromatic carbocycles. The Bertz CT molecular complexity index is 764. The molecular formula is C17H22N6O. The summed E-state index contributed by atoms with van der Waals surface area (Å²) in [6.07, 6.45) is 5.80. The van der Waals surface area contributed by atoms with E-state index in [2.05, 4.69) is 20.4 Å². The number of likely N-dealkylation sites (tertiary alicyclic amines) is 1. The third-order valence-corrected chi connectivity index (χ3v) is 5.02. The largest absolute Gasteiger partial charge is 0.365 e. The molecule has 7 nitrogen and oxygen atoms in total. The molecule has 24 heavy (non-hydrogen) atoms. The van der Waals surface area contributed by atoms with Crippen molar-refractivity contribution in [2.45, 2.75) is 38.6 Å². The Balaban J connectivity index is 1.43. The molecule has 1 saturated heterocycles. The molecule has 7 heteroatoms. The topological polar surface area (TPSA) is 75.9 Å². The average molecular weight is 326 g/mol. The van der Waals surface area contributed by atoms with Crippen LogP contribution < -0.4 is 5.32 Å². The highest BCUT2D eigenvalue weighted by Crippen LogP contribution is 2.26. The van der Waals surface area contributed by atoms with E-state index in [4.69, 9.17) is 0 Å². The quantitative estimate of drug-likeness (QED) is 0.921. The second-order valence-electron chi connectivity index (χ2n) is 6.68. The SMILES string of the molecule is Cc1cc(C(=O)N2CC[C@@H](Nc3ncnc4c3CCC4)C2)nn1C. The van der Waals surface area contributed by atoms with E-state index >= 15 is 0 Å². The van der Waals surface area contributed by atoms with Crippen molar-refractivity contribution in [2.24, 2.45) is 7.05 Å². The summed E-state index contributed by atoms with van der Waals surface area (Å²) in [6, 6.07) is 2.08. The van der Waals surface area contributed by atoms with Crippen LogP contribution in [0, 0.1) is 6.92 Å². The molecule has 0 unspecified atom stereocenters. The molecule has 2 aliphatic rings. The van der Waals surface area contributed by atoms with Gasteiger partial charge in [-0.25, -0.2) is 9.97 Å². The van der Waals surface area contributed by atoms with Crippen LogP contribution >= 0.6 is 0 Å². The maximum Gasteiger partial charge on any atom is 0.274 e. The molecule has 3 heterocycles. The molecule has 1 amide bonds. The number of nitrogens with zero attached hydrogens (tertiary/aromatic N) is 5. The minimum Gasteiger partial charge on any atom is -0.365 e. The van der Waals surface area contributed by atoms with Crippen LogP contribution in [-0.4, -0.2) is 49.7 Å². The van der Waals surface area contributed by atoms with Crippen molar-refractivity contribution in [1.82, 2.24) is 24.6 Å². The van der Waals surface area contributed by atoms with Gasteiger partial charge < -0.3 is 10.2 Å². The summed E-state index contributed by atoms with van der Waals surface area (Å²) in [5, 5.41) is 7.82. The third kappa shape index (κ3) is 2.64. The maximum absolute atomic E-state index is 12.6. The van der Waals surface area contributed by atoms with Crippen molar-refractivity contribution in [3.8, 4) is 0 Å². The molecule has 0 saturated carbocycles. The van der Waals surface area contributed by atoms with E-state index in [0.717, 1.165) is 43.7 Å². The van der Waals surface area contributed by atoms with E-state index < -0.39 is 0 Å². The van der Waals surface area contributed by atoms with Gasteiger partial charge in [0.15, 0.2) is 5.69 Å². The van der Waals surface area contributed by atoms with Gasteiger partial charge in [0.1, 0.15) is 12.1 Å². The molecule has 4 rings (SSSR count). The molecule has 1 fully saturated rings. The average Bonchev–Trinajstić information content (AvgIpc) is 3.28. The lowest BCUT2D eigenvalue weighted by molar-refractivity contribution is 0.0785. The van der Waals surface area contributed by atoms with Crippen LogP contribution in [0.5, 0.6) is 0 Å². The number of aromatic nitrogens is 4. The molecule has 1 atom stereocenters. The van der Waals surface area contributed by atoms with Crippen LogP contribution in [0.15, 0.2) is 12.4 Å². The number of anilines is 1. The van der Waals surface area contributed by atoms with Gasteiger partial charge >= 0.3 is 0 Å². The number of amides is 1. The van der Waals surface area contributed by atoms with E-state index in [9.17, 15) is 4.79 Å². The van der Waals surface area contributed by atoms with Gasteiger partial charge in [0, 0.05) is 43.1 Å². The maximum atomic E-state index is 12.6. The number of rotatable bonds is 3. The Morgan fingerprint density at radius 3 is 3.00 bits per heavy atom. The first kappa shape index (κ1) is 15.1. The Hall–Kier alpha value is -2.44. The van der Waals surface area contributed by atoms with Gasteiger partial charge in [-0.2, -0.15) is 5.10 Å². The zero-order valence-electron chi connectivity index (χ0n) is 14.1. The predicted molar refractivity (Wildman–Crippen MR) is 89.9 cm³/mol. The second-order valence-corrected chi connectivity index (χ2v) is 6.68. The fourth-order valence-corrected chi connectivity index (χ4v) is 3.57. The molecular weight excluding hydrogens is 304 g/mol. The van der Waals surface area contributed by atoms with Crippen molar-refractivity contribution in [3.05, 3.63) is 35.0 Å². The van der Waals surface area contributed by atoms with Gasteiger partial charge in [-0.05, 0) is 38.7 Å². The van der Waals surface area contributed by atoms with Gasteiger partial charge in [-0.1, -0.05) is 0 Å². The van der Waals surface area contributed by atoms with Gasteiger partial charge in [0.05, 0.1) is 0 Å². The lowest BCUT2D eigenvalue weighted by Gasteiger charge is -2.17. The number of aryl methyl sites for hydroxylation is 3. The number of hydrogen-bond donors (Lipinski definition) is 1. The molecule has 1 aliphatic carbocycles. The number of carbonyl (C=O) groups is 1. The van der Waals surface area contributed by atoms with Gasteiger partial charge in [0.25, 0.3) is 5.91 Å². The number of fused-ring (bicyclic) bond motifs is 1. The van der Waals surface area contributed by atoms with Crippen molar-refractivity contribution in [3.63, 3.8) is 0 Å². The van der Waals surface area contributed by atoms with E-state index in [1.807, 2.05) is 24.9 Å². The molecule has 0 spiro atoms. The first-order valence-corrected chi connectivity index (χ1v) is 8.51. The first-order chi connectivity index (χ1) is 11.6. The highest BCUT2D eigenvalue weighted by molar-refractivity contribution is 5.92. The Morgan fingerprint density at radius 1 is 1.33 bits per heavy atom. The summed E-state index contributed by atoms with van der Waals surface area (Å²) >= 11 is 0. The summed E-state index contributed by atoms with van der Waals surface area (Å²) < 4.78 is 1.74. The van der Waals surface area contributed by atoms with Crippen molar-refractivity contribution in [2.75, 3.05) is 18.4 Å². The van der Waals surface area contributed by atoms with Crippen LogP contribution in [0.1, 0.15) is 40.3 Å². The summed E-state index contributed by atoms with van der Waals surface area (Å²) in [5.74, 6) is 0.960. The minimum absolute atomic E-state index is 0.0101. The third-order valence-electron chi connectivity index (χ3n) is 5.02. The van der Waals surface area contributed by atoms with E-state index in [-0.39, 0.29) is 11.9 Å². The molecule has 2 aromatic rings. The predicted octanol–water partition coefficient (Wildman–Crippen LogP) is 1.33. The van der Waals surface area contributed by atoms with Crippen LogP contribution in [0.3, 0.4) is 0 Å². The fraction of sp³-hybridized carbons (Fsp3) is 0.529. The molecule has 0 bridgehead atoms. The second kappa shape index (κ2) is 5.89. The Labute approximate surface area is 141 Å². The van der Waals surface area contributed by atoms with E-state index in [1.165, 1.54) is 11.3 Å². The summed E-state index contributed by atoms with van der Waals surface area (Å²) in [4.78, 5) is 23.2. The summed E-state index contributed by atoms with van der Waals surface area (Å²) in [6.45, 7) is 3.39. The number of nitrogens with one attached hydrogen (secondary N) is 1. The van der Waals surface area contributed by atoms with Crippen LogP contribution in [0.2, 0.25) is 0 Å². The van der Waals surface area contributed by atoms with Crippen molar-refractivity contribution < 1.29 is 4.79 Å². The van der Waals surface area contributed by atoms with Crippen molar-refractivity contribution in [1.29, 1.82) is 0 Å². The highest BCUT2D eigenvalue weighted by Gasteiger charge is 2.29. The van der Waals surface area contributed by atoms with Crippen LogP contribution in [0.4, 0.5) is 5.82 Å². The zero-order valence-corrected chi connectivity index (χ0v) is 14.1. The zero-order chi connectivity index (χ0) is 16.7. The lowest BCUT2D eigenvalue weighted by atomic mass is 10.2. The number of carbonyl (C=O) groups excluding carboxylic acids is 1. The normalized spacial score (nSPS) is 19.6.